The second kappa shape index (κ2) is 6.21. The summed E-state index contributed by atoms with van der Waals surface area (Å²) >= 11 is 0. The van der Waals surface area contributed by atoms with Crippen molar-refractivity contribution in [2.75, 3.05) is 0 Å². The van der Waals surface area contributed by atoms with Gasteiger partial charge in [0.25, 0.3) is 0 Å². The SMILES string of the molecule is [CH2][CH][CH]CC(C(C)=O)C(=O)c1ccccc1. The van der Waals surface area contributed by atoms with Crippen LogP contribution in [0, 0.1) is 25.7 Å². The lowest BCUT2D eigenvalue weighted by molar-refractivity contribution is -0.119. The number of carbonyl (C=O) groups excluding carboxylic acids is 2. The molecular formula is C14H15O2. The number of hydrogen-bond donors (Lipinski definition) is 0. The Morgan fingerprint density at radius 3 is 2.44 bits per heavy atom. The minimum atomic E-state index is -0.583. The Morgan fingerprint density at radius 2 is 1.94 bits per heavy atom. The molecular weight excluding hydrogens is 200 g/mol. The first-order valence-electron chi connectivity index (χ1n) is 5.20. The average Bonchev–Trinajstić information content (AvgIpc) is 2.30. The molecule has 0 aliphatic carbocycles. The van der Waals surface area contributed by atoms with Crippen LogP contribution < -0.4 is 0 Å². The Labute approximate surface area is 96.7 Å². The molecule has 0 amide bonds. The number of ketones is 2. The first-order chi connectivity index (χ1) is 7.66. The van der Waals surface area contributed by atoms with Gasteiger partial charge < -0.3 is 0 Å². The normalized spacial score (nSPS) is 12.1. The first-order valence-corrected chi connectivity index (χ1v) is 5.20. The van der Waals surface area contributed by atoms with E-state index in [2.05, 4.69) is 6.92 Å². The fraction of sp³-hybridized carbons (Fsp3) is 0.214. The van der Waals surface area contributed by atoms with Crippen molar-refractivity contribution in [1.29, 1.82) is 0 Å². The Morgan fingerprint density at radius 1 is 1.31 bits per heavy atom. The van der Waals surface area contributed by atoms with Crippen LogP contribution in [0.2, 0.25) is 0 Å². The summed E-state index contributed by atoms with van der Waals surface area (Å²) in [4.78, 5) is 23.4. The molecule has 0 heterocycles. The predicted molar refractivity (Wildman–Crippen MR) is 63.5 cm³/mol. The number of Topliss-reactive ketones (excluding diaryl/α,β-unsaturated/α-hetero) is 2. The fourth-order valence-corrected chi connectivity index (χ4v) is 1.49. The van der Waals surface area contributed by atoms with Gasteiger partial charge in [-0.25, -0.2) is 0 Å². The van der Waals surface area contributed by atoms with Gasteiger partial charge in [-0.05, 0) is 33.1 Å². The summed E-state index contributed by atoms with van der Waals surface area (Å²) in [5.41, 5.74) is 0.583. The van der Waals surface area contributed by atoms with Gasteiger partial charge in [-0.1, -0.05) is 30.3 Å². The number of benzene rings is 1. The minimum absolute atomic E-state index is 0.105. The molecule has 0 fully saturated rings. The third-order valence-electron chi connectivity index (χ3n) is 2.40. The lowest BCUT2D eigenvalue weighted by Gasteiger charge is -2.11. The summed E-state index contributed by atoms with van der Waals surface area (Å²) in [6.07, 6.45) is 3.77. The van der Waals surface area contributed by atoms with Crippen LogP contribution in [0.3, 0.4) is 0 Å². The summed E-state index contributed by atoms with van der Waals surface area (Å²) in [7, 11) is 0. The van der Waals surface area contributed by atoms with Crippen LogP contribution in [0.5, 0.6) is 0 Å². The Bertz CT molecular complexity index is 354. The molecule has 0 N–H and O–H groups in total. The standard InChI is InChI=1S/C14H15O2/c1-3-4-10-13(11(2)15)14(16)12-8-6-5-7-9-12/h3-9,13H,1,10H2,2H3. The molecule has 1 unspecified atom stereocenters. The number of unbranched alkanes of at least 4 members (excludes halogenated alkanes) is 1. The van der Waals surface area contributed by atoms with Crippen molar-refractivity contribution in [1.82, 2.24) is 0 Å². The van der Waals surface area contributed by atoms with E-state index in [0.29, 0.717) is 12.0 Å². The Kier molecular flexibility index (Phi) is 4.90. The molecule has 0 spiro atoms. The van der Waals surface area contributed by atoms with Crippen LogP contribution in [0.25, 0.3) is 0 Å². The largest absolute Gasteiger partial charge is 0.299 e. The average molecular weight is 215 g/mol. The van der Waals surface area contributed by atoms with Gasteiger partial charge in [0.15, 0.2) is 5.78 Å². The monoisotopic (exact) mass is 215 g/mol. The van der Waals surface area contributed by atoms with Gasteiger partial charge in [0.05, 0.1) is 5.92 Å². The third kappa shape index (κ3) is 3.30. The zero-order chi connectivity index (χ0) is 12.0. The van der Waals surface area contributed by atoms with Crippen molar-refractivity contribution in [3.05, 3.63) is 55.7 Å². The van der Waals surface area contributed by atoms with Crippen LogP contribution >= 0.6 is 0 Å². The van der Waals surface area contributed by atoms with Crippen molar-refractivity contribution >= 4 is 11.6 Å². The highest BCUT2D eigenvalue weighted by Gasteiger charge is 2.23. The molecule has 0 aliphatic heterocycles. The van der Waals surface area contributed by atoms with E-state index < -0.39 is 5.92 Å². The minimum Gasteiger partial charge on any atom is -0.299 e. The van der Waals surface area contributed by atoms with Gasteiger partial charge in [0.1, 0.15) is 5.78 Å². The van der Waals surface area contributed by atoms with Crippen LogP contribution in [0.15, 0.2) is 30.3 Å². The highest BCUT2D eigenvalue weighted by molar-refractivity contribution is 6.10. The maximum Gasteiger partial charge on any atom is 0.173 e. The summed E-state index contributed by atoms with van der Waals surface area (Å²) < 4.78 is 0. The number of rotatable bonds is 6. The fourth-order valence-electron chi connectivity index (χ4n) is 1.49. The highest BCUT2D eigenvalue weighted by Crippen LogP contribution is 2.15. The molecule has 0 saturated carbocycles. The summed E-state index contributed by atoms with van der Waals surface area (Å²) in [5.74, 6) is -0.807. The van der Waals surface area contributed by atoms with E-state index in [1.54, 1.807) is 37.1 Å². The van der Waals surface area contributed by atoms with E-state index in [0.717, 1.165) is 0 Å². The highest BCUT2D eigenvalue weighted by atomic mass is 16.1. The van der Waals surface area contributed by atoms with Crippen LogP contribution in [-0.4, -0.2) is 11.6 Å². The van der Waals surface area contributed by atoms with E-state index >= 15 is 0 Å². The van der Waals surface area contributed by atoms with E-state index in [4.69, 9.17) is 0 Å². The molecule has 83 valence electrons. The van der Waals surface area contributed by atoms with Gasteiger partial charge in [0, 0.05) is 5.56 Å². The molecule has 0 aromatic heterocycles. The van der Waals surface area contributed by atoms with Crippen molar-refractivity contribution in [3.63, 3.8) is 0 Å². The second-order valence-corrected chi connectivity index (χ2v) is 3.60. The molecule has 1 atom stereocenters. The van der Waals surface area contributed by atoms with Crippen molar-refractivity contribution < 1.29 is 9.59 Å². The molecule has 2 nitrogen and oxygen atoms in total. The number of hydrogen-bond acceptors (Lipinski definition) is 2. The quantitative estimate of drug-likeness (QED) is 0.540. The molecule has 3 radical (unpaired) electrons. The smallest absolute Gasteiger partial charge is 0.173 e. The van der Waals surface area contributed by atoms with Crippen molar-refractivity contribution in [2.24, 2.45) is 5.92 Å². The van der Waals surface area contributed by atoms with Crippen molar-refractivity contribution in [3.8, 4) is 0 Å². The Hall–Kier alpha value is -1.44. The van der Waals surface area contributed by atoms with E-state index in [1.807, 2.05) is 6.07 Å². The first kappa shape index (κ1) is 12.6. The van der Waals surface area contributed by atoms with Crippen LogP contribution in [-0.2, 0) is 4.79 Å². The molecule has 1 aromatic carbocycles. The van der Waals surface area contributed by atoms with Gasteiger partial charge in [-0.15, -0.1) is 0 Å². The molecule has 1 rings (SSSR count). The van der Waals surface area contributed by atoms with Gasteiger partial charge >= 0.3 is 0 Å². The lowest BCUT2D eigenvalue weighted by Crippen LogP contribution is -2.22. The van der Waals surface area contributed by atoms with Crippen LogP contribution in [0.1, 0.15) is 23.7 Å². The molecule has 0 bridgehead atoms. The molecule has 0 aliphatic rings. The maximum atomic E-state index is 12.0. The zero-order valence-electron chi connectivity index (χ0n) is 9.35. The maximum absolute atomic E-state index is 12.0. The van der Waals surface area contributed by atoms with Crippen molar-refractivity contribution in [2.45, 2.75) is 13.3 Å². The lowest BCUT2D eigenvalue weighted by atomic mass is 9.90. The predicted octanol–water partition coefficient (Wildman–Crippen LogP) is 2.71. The van der Waals surface area contributed by atoms with Gasteiger partial charge in [-0.2, -0.15) is 0 Å². The zero-order valence-corrected chi connectivity index (χ0v) is 9.35. The summed E-state index contributed by atoms with van der Waals surface area (Å²) in [5, 5.41) is 0. The van der Waals surface area contributed by atoms with E-state index in [9.17, 15) is 9.59 Å². The molecule has 2 heteroatoms. The Balaban J connectivity index is 2.79. The second-order valence-electron chi connectivity index (χ2n) is 3.60. The number of carbonyl (C=O) groups is 2. The van der Waals surface area contributed by atoms with E-state index in [-0.39, 0.29) is 11.6 Å². The topological polar surface area (TPSA) is 34.1 Å². The molecule has 1 aromatic rings. The third-order valence-corrected chi connectivity index (χ3v) is 2.40. The van der Waals surface area contributed by atoms with Crippen LogP contribution in [0.4, 0.5) is 0 Å². The summed E-state index contributed by atoms with van der Waals surface area (Å²) in [6, 6.07) is 8.89. The van der Waals surface area contributed by atoms with Gasteiger partial charge in [-0.3, -0.25) is 9.59 Å². The molecule has 16 heavy (non-hydrogen) atoms. The molecule has 0 saturated heterocycles. The van der Waals surface area contributed by atoms with E-state index in [1.165, 1.54) is 6.92 Å². The summed E-state index contributed by atoms with van der Waals surface area (Å²) in [6.45, 7) is 4.99. The van der Waals surface area contributed by atoms with Gasteiger partial charge in [0.2, 0.25) is 0 Å².